The molecule has 1 aromatic rings. The largest absolute Gasteiger partial charge is 0.360 e. The van der Waals surface area contributed by atoms with Crippen LogP contribution in [-0.4, -0.2) is 23.6 Å². The van der Waals surface area contributed by atoms with Crippen molar-refractivity contribution < 1.29 is 0 Å². The summed E-state index contributed by atoms with van der Waals surface area (Å²) in [6.45, 7) is 6.83. The minimum absolute atomic E-state index is 0.0410. The second kappa shape index (κ2) is 4.37. The molecule has 0 aliphatic rings. The van der Waals surface area contributed by atoms with Crippen molar-refractivity contribution in [2.45, 2.75) is 26.8 Å². The Kier molecular flexibility index (Phi) is 3.41. The number of rotatable bonds is 3. The molecule has 0 aliphatic heterocycles. The zero-order chi connectivity index (χ0) is 10.7. The highest BCUT2D eigenvalue weighted by Crippen LogP contribution is 2.14. The van der Waals surface area contributed by atoms with Gasteiger partial charge in [-0.2, -0.15) is 0 Å². The van der Waals surface area contributed by atoms with Gasteiger partial charge in [-0.3, -0.25) is 0 Å². The summed E-state index contributed by atoms with van der Waals surface area (Å²) in [7, 11) is 2.01. The Morgan fingerprint density at radius 1 is 1.50 bits per heavy atom. The van der Waals surface area contributed by atoms with Gasteiger partial charge in [0.2, 0.25) is 0 Å². The second-order valence-electron chi connectivity index (χ2n) is 3.50. The second-order valence-corrected chi connectivity index (χ2v) is 3.50. The van der Waals surface area contributed by atoms with E-state index in [4.69, 9.17) is 5.73 Å². The summed E-state index contributed by atoms with van der Waals surface area (Å²) >= 11 is 0. The number of nitrogens with zero attached hydrogens (tertiary/aromatic N) is 3. The molecule has 1 atom stereocenters. The predicted octanol–water partition coefficient (Wildman–Crippen LogP) is 1.26. The maximum Gasteiger partial charge on any atom is 0.132 e. The molecule has 1 unspecified atom stereocenters. The Bertz CT molecular complexity index is 309. The Labute approximate surface area is 85.2 Å². The van der Waals surface area contributed by atoms with Crippen LogP contribution in [0, 0.1) is 6.92 Å². The van der Waals surface area contributed by atoms with Crippen LogP contribution in [-0.2, 0) is 0 Å². The summed E-state index contributed by atoms with van der Waals surface area (Å²) in [5.74, 6) is 1.71. The number of nitrogens with two attached hydrogens (primary N) is 1. The monoisotopic (exact) mass is 194 g/mol. The van der Waals surface area contributed by atoms with Crippen molar-refractivity contribution in [1.29, 1.82) is 0 Å². The topological polar surface area (TPSA) is 55.0 Å². The van der Waals surface area contributed by atoms with E-state index in [1.165, 1.54) is 0 Å². The minimum atomic E-state index is -0.0410. The van der Waals surface area contributed by atoms with Gasteiger partial charge in [0.05, 0.1) is 5.69 Å². The van der Waals surface area contributed by atoms with E-state index < -0.39 is 0 Å². The smallest absolute Gasteiger partial charge is 0.132 e. The lowest BCUT2D eigenvalue weighted by molar-refractivity contribution is 0.760. The number of aromatic nitrogens is 2. The molecule has 0 amide bonds. The molecule has 0 saturated carbocycles. The van der Waals surface area contributed by atoms with E-state index in [1.54, 1.807) is 0 Å². The molecule has 0 aliphatic carbocycles. The molecule has 1 rings (SSSR count). The number of hydrogen-bond acceptors (Lipinski definition) is 4. The van der Waals surface area contributed by atoms with Gasteiger partial charge in [0.25, 0.3) is 0 Å². The van der Waals surface area contributed by atoms with Gasteiger partial charge < -0.3 is 10.6 Å². The third-order valence-electron chi connectivity index (χ3n) is 2.18. The standard InChI is InChI=1S/C10H18N4/c1-5-14(4)10-6-9(7(2)11)12-8(3)13-10/h6-7H,5,11H2,1-4H3. The fourth-order valence-electron chi connectivity index (χ4n) is 1.17. The van der Waals surface area contributed by atoms with Crippen molar-refractivity contribution in [3.05, 3.63) is 17.6 Å². The number of anilines is 1. The van der Waals surface area contributed by atoms with Crippen LogP contribution in [0.15, 0.2) is 6.07 Å². The van der Waals surface area contributed by atoms with Crippen LogP contribution in [0.3, 0.4) is 0 Å². The van der Waals surface area contributed by atoms with Gasteiger partial charge in [-0.15, -0.1) is 0 Å². The van der Waals surface area contributed by atoms with Crippen molar-refractivity contribution in [3.8, 4) is 0 Å². The summed E-state index contributed by atoms with van der Waals surface area (Å²) in [6.07, 6.45) is 0. The maximum atomic E-state index is 5.78. The molecule has 0 saturated heterocycles. The predicted molar refractivity (Wildman–Crippen MR) is 58.3 cm³/mol. The minimum Gasteiger partial charge on any atom is -0.360 e. The van der Waals surface area contributed by atoms with E-state index in [0.717, 1.165) is 23.9 Å². The fraction of sp³-hybridized carbons (Fsp3) is 0.600. The molecular weight excluding hydrogens is 176 g/mol. The van der Waals surface area contributed by atoms with Gasteiger partial charge in [-0.25, -0.2) is 9.97 Å². The average Bonchev–Trinajstić information content (AvgIpc) is 2.15. The highest BCUT2D eigenvalue weighted by molar-refractivity contribution is 5.39. The zero-order valence-corrected chi connectivity index (χ0v) is 9.28. The van der Waals surface area contributed by atoms with Crippen LogP contribution in [0.2, 0.25) is 0 Å². The van der Waals surface area contributed by atoms with Crippen molar-refractivity contribution in [3.63, 3.8) is 0 Å². The molecule has 2 N–H and O–H groups in total. The lowest BCUT2D eigenvalue weighted by Crippen LogP contribution is -2.19. The first-order valence-corrected chi connectivity index (χ1v) is 4.87. The highest BCUT2D eigenvalue weighted by Gasteiger charge is 2.07. The molecular formula is C10H18N4. The summed E-state index contributed by atoms with van der Waals surface area (Å²) in [6, 6.07) is 1.90. The van der Waals surface area contributed by atoms with E-state index in [1.807, 2.05) is 27.0 Å². The molecule has 78 valence electrons. The molecule has 0 fully saturated rings. The van der Waals surface area contributed by atoms with Crippen molar-refractivity contribution in [2.24, 2.45) is 5.73 Å². The van der Waals surface area contributed by atoms with Crippen molar-refractivity contribution in [1.82, 2.24) is 9.97 Å². The maximum absolute atomic E-state index is 5.78. The fourth-order valence-corrected chi connectivity index (χ4v) is 1.17. The summed E-state index contributed by atoms with van der Waals surface area (Å²) < 4.78 is 0. The lowest BCUT2D eigenvalue weighted by Gasteiger charge is -2.17. The van der Waals surface area contributed by atoms with Gasteiger partial charge in [0.1, 0.15) is 11.6 Å². The first-order chi connectivity index (χ1) is 6.54. The van der Waals surface area contributed by atoms with Crippen molar-refractivity contribution >= 4 is 5.82 Å². The number of hydrogen-bond donors (Lipinski definition) is 1. The Morgan fingerprint density at radius 3 is 2.64 bits per heavy atom. The van der Waals surface area contributed by atoms with Crippen LogP contribution >= 0.6 is 0 Å². The molecule has 0 spiro atoms. The van der Waals surface area contributed by atoms with Crippen LogP contribution in [0.5, 0.6) is 0 Å². The van der Waals surface area contributed by atoms with E-state index in [9.17, 15) is 0 Å². The van der Waals surface area contributed by atoms with Gasteiger partial charge >= 0.3 is 0 Å². The highest BCUT2D eigenvalue weighted by atomic mass is 15.2. The molecule has 0 radical (unpaired) electrons. The lowest BCUT2D eigenvalue weighted by atomic mass is 10.2. The molecule has 4 nitrogen and oxygen atoms in total. The third-order valence-corrected chi connectivity index (χ3v) is 2.18. The Morgan fingerprint density at radius 2 is 2.14 bits per heavy atom. The Balaban J connectivity index is 3.07. The Hall–Kier alpha value is -1.16. The van der Waals surface area contributed by atoms with Gasteiger partial charge in [0, 0.05) is 25.7 Å². The first kappa shape index (κ1) is 10.9. The SMILES string of the molecule is CCN(C)c1cc(C(C)N)nc(C)n1. The van der Waals surface area contributed by atoms with Crippen LogP contribution < -0.4 is 10.6 Å². The molecule has 1 aromatic heterocycles. The van der Waals surface area contributed by atoms with E-state index in [2.05, 4.69) is 21.8 Å². The molecule has 0 aromatic carbocycles. The summed E-state index contributed by atoms with van der Waals surface area (Å²) in [5.41, 5.74) is 6.68. The average molecular weight is 194 g/mol. The summed E-state index contributed by atoms with van der Waals surface area (Å²) in [4.78, 5) is 10.7. The normalized spacial score (nSPS) is 12.6. The van der Waals surface area contributed by atoms with Crippen LogP contribution in [0.25, 0.3) is 0 Å². The molecule has 0 bridgehead atoms. The van der Waals surface area contributed by atoms with Crippen LogP contribution in [0.4, 0.5) is 5.82 Å². The third kappa shape index (κ3) is 2.42. The molecule has 4 heteroatoms. The van der Waals surface area contributed by atoms with Gasteiger partial charge in [-0.1, -0.05) is 0 Å². The van der Waals surface area contributed by atoms with E-state index in [-0.39, 0.29) is 6.04 Å². The van der Waals surface area contributed by atoms with E-state index >= 15 is 0 Å². The summed E-state index contributed by atoms with van der Waals surface area (Å²) in [5, 5.41) is 0. The quantitative estimate of drug-likeness (QED) is 0.787. The van der Waals surface area contributed by atoms with Crippen molar-refractivity contribution in [2.75, 3.05) is 18.5 Å². The van der Waals surface area contributed by atoms with Crippen LogP contribution in [0.1, 0.15) is 31.4 Å². The zero-order valence-electron chi connectivity index (χ0n) is 9.28. The van der Waals surface area contributed by atoms with Gasteiger partial charge in [-0.05, 0) is 20.8 Å². The first-order valence-electron chi connectivity index (χ1n) is 4.87. The van der Waals surface area contributed by atoms with Gasteiger partial charge in [0.15, 0.2) is 0 Å². The number of aryl methyl sites for hydroxylation is 1. The van der Waals surface area contributed by atoms with E-state index in [0.29, 0.717) is 0 Å². The molecule has 1 heterocycles. The molecule has 14 heavy (non-hydrogen) atoms.